The van der Waals surface area contributed by atoms with Crippen molar-refractivity contribution in [3.05, 3.63) is 125 Å². The van der Waals surface area contributed by atoms with Crippen LogP contribution in [-0.2, 0) is 24.2 Å². The first-order valence-electron chi connectivity index (χ1n) is 14.5. The highest BCUT2D eigenvalue weighted by atomic mass is 16.2. The van der Waals surface area contributed by atoms with Gasteiger partial charge in [0.15, 0.2) is 0 Å². The molecule has 0 N–H and O–H groups in total. The summed E-state index contributed by atoms with van der Waals surface area (Å²) in [5, 5.41) is 0. The Labute approximate surface area is 235 Å². The SMILES string of the molecule is Cc1ccc(Cn2c(=O)n3n(c2=O)C2(CCCCC2)[C@@]24C=C[C@@H]([C@H]32)n2c(=O)n(Cc3ccc(C)cc3)c(=O)n24)cc1. The minimum atomic E-state index is -0.992. The third-order valence-electron chi connectivity index (χ3n) is 10.1. The molecule has 0 radical (unpaired) electrons. The fraction of sp³-hybridized carbons (Fsp3) is 0.419. The Hall–Kier alpha value is -4.34. The van der Waals surface area contributed by atoms with Gasteiger partial charge in [-0.2, -0.15) is 0 Å². The van der Waals surface area contributed by atoms with Gasteiger partial charge in [-0.25, -0.2) is 47.0 Å². The first kappa shape index (κ1) is 24.5. The quantitative estimate of drug-likeness (QED) is 0.363. The van der Waals surface area contributed by atoms with Gasteiger partial charge in [-0.1, -0.05) is 91.1 Å². The Morgan fingerprint density at radius 3 is 1.73 bits per heavy atom. The zero-order valence-corrected chi connectivity index (χ0v) is 23.2. The van der Waals surface area contributed by atoms with E-state index in [1.807, 2.05) is 74.5 Å². The monoisotopic (exact) mass is 552 g/mol. The van der Waals surface area contributed by atoms with E-state index < -0.39 is 28.9 Å². The first-order chi connectivity index (χ1) is 19.8. The second-order valence-electron chi connectivity index (χ2n) is 12.3. The average Bonchev–Trinajstić information content (AvgIpc) is 3.69. The van der Waals surface area contributed by atoms with Crippen LogP contribution in [0.2, 0.25) is 0 Å². The Morgan fingerprint density at radius 1 is 0.659 bits per heavy atom. The molecule has 1 fully saturated rings. The van der Waals surface area contributed by atoms with Crippen molar-refractivity contribution in [1.82, 2.24) is 27.9 Å². The third kappa shape index (κ3) is 2.87. The van der Waals surface area contributed by atoms with E-state index in [0.29, 0.717) is 12.8 Å². The molecule has 4 aromatic rings. The fourth-order valence-corrected chi connectivity index (χ4v) is 8.25. The van der Waals surface area contributed by atoms with Crippen LogP contribution in [0.3, 0.4) is 0 Å². The number of hydrogen-bond donors (Lipinski definition) is 0. The van der Waals surface area contributed by atoms with Crippen molar-refractivity contribution in [1.29, 1.82) is 0 Å². The van der Waals surface area contributed by atoms with E-state index in [9.17, 15) is 19.2 Å². The Morgan fingerprint density at radius 2 is 1.17 bits per heavy atom. The van der Waals surface area contributed by atoms with E-state index in [1.54, 1.807) is 18.7 Å². The highest BCUT2D eigenvalue weighted by Crippen LogP contribution is 2.64. The maximum atomic E-state index is 14.2. The molecule has 10 nitrogen and oxygen atoms in total. The molecule has 0 saturated heterocycles. The summed E-state index contributed by atoms with van der Waals surface area (Å²) in [4.78, 5) is 56.4. The molecule has 1 saturated carbocycles. The predicted molar refractivity (Wildman–Crippen MR) is 153 cm³/mol. The molecule has 10 heteroatoms. The van der Waals surface area contributed by atoms with Crippen molar-refractivity contribution in [2.75, 3.05) is 0 Å². The smallest absolute Gasteiger partial charge is 0.246 e. The van der Waals surface area contributed by atoms with Crippen LogP contribution < -0.4 is 22.8 Å². The summed E-state index contributed by atoms with van der Waals surface area (Å²) < 4.78 is 9.05. The second-order valence-corrected chi connectivity index (χ2v) is 12.3. The Balaban J connectivity index is 1.33. The van der Waals surface area contributed by atoms with E-state index in [1.165, 1.54) is 9.13 Å². The maximum Gasteiger partial charge on any atom is 0.348 e. The lowest BCUT2D eigenvalue weighted by Crippen LogP contribution is -2.58. The molecule has 2 aromatic heterocycles. The van der Waals surface area contributed by atoms with Gasteiger partial charge in [-0.3, -0.25) is 0 Å². The normalized spacial score (nSPS) is 24.6. The van der Waals surface area contributed by atoms with Crippen molar-refractivity contribution >= 4 is 0 Å². The van der Waals surface area contributed by atoms with Crippen LogP contribution in [0.5, 0.6) is 0 Å². The Bertz CT molecular complexity index is 1990. The van der Waals surface area contributed by atoms with Crippen LogP contribution in [0.4, 0.5) is 0 Å². The Kier molecular flexibility index (Phi) is 4.84. The number of benzene rings is 2. The van der Waals surface area contributed by atoms with Crippen LogP contribution >= 0.6 is 0 Å². The topological polar surface area (TPSA) is 97.9 Å². The van der Waals surface area contributed by atoms with Crippen molar-refractivity contribution in [3.63, 3.8) is 0 Å². The molecule has 2 aliphatic carbocycles. The van der Waals surface area contributed by atoms with Crippen LogP contribution in [0.25, 0.3) is 0 Å². The summed E-state index contributed by atoms with van der Waals surface area (Å²) in [5.74, 6) is 0. The number of nitrogens with zero attached hydrogens (tertiary/aromatic N) is 6. The molecule has 3 atom stereocenters. The molecule has 4 aliphatic rings. The number of hydrogen-bond acceptors (Lipinski definition) is 4. The van der Waals surface area contributed by atoms with Gasteiger partial charge in [-0.15, -0.1) is 0 Å². The van der Waals surface area contributed by atoms with Gasteiger partial charge in [0.05, 0.1) is 24.7 Å². The lowest BCUT2D eigenvalue weighted by molar-refractivity contribution is 0.0692. The summed E-state index contributed by atoms with van der Waals surface area (Å²) in [5.41, 5.74) is 0.633. The van der Waals surface area contributed by atoms with E-state index in [2.05, 4.69) is 0 Å². The molecule has 2 bridgehead atoms. The van der Waals surface area contributed by atoms with Crippen molar-refractivity contribution in [2.45, 2.75) is 82.2 Å². The summed E-state index contributed by atoms with van der Waals surface area (Å²) in [6.07, 6.45) is 8.06. The van der Waals surface area contributed by atoms with Gasteiger partial charge in [-0.05, 0) is 37.8 Å². The van der Waals surface area contributed by atoms with Crippen molar-refractivity contribution < 1.29 is 0 Å². The summed E-state index contributed by atoms with van der Waals surface area (Å²) in [7, 11) is 0. The lowest BCUT2D eigenvalue weighted by atomic mass is 9.67. The van der Waals surface area contributed by atoms with Crippen LogP contribution in [0, 0.1) is 13.8 Å². The standard InChI is InChI=1S/C31H32N6O4/c1-20-6-10-22(11-7-20)18-32-26(38)34-24-14-17-31(37(34)29(32)41)25(24)35-27(39)33(19-23-12-8-21(2)9-13-23)28(40)36(35)30(31)15-4-3-5-16-30/h6-14,17,24-25H,3-5,15-16,18-19H2,1-2H3/t24-,25-,31+/m0/s1. The number of aromatic nitrogens is 6. The lowest BCUT2D eigenvalue weighted by Gasteiger charge is -2.45. The van der Waals surface area contributed by atoms with Gasteiger partial charge in [0, 0.05) is 0 Å². The molecule has 0 amide bonds. The van der Waals surface area contributed by atoms with Crippen LogP contribution in [-0.4, -0.2) is 27.9 Å². The van der Waals surface area contributed by atoms with E-state index >= 15 is 0 Å². The van der Waals surface area contributed by atoms with Gasteiger partial charge < -0.3 is 0 Å². The summed E-state index contributed by atoms with van der Waals surface area (Å²) in [6.45, 7) is 4.34. The highest BCUT2D eigenvalue weighted by molar-refractivity contribution is 5.36. The number of aryl methyl sites for hydroxylation is 2. The maximum absolute atomic E-state index is 14.2. The molecule has 41 heavy (non-hydrogen) atoms. The van der Waals surface area contributed by atoms with Gasteiger partial charge in [0.25, 0.3) is 0 Å². The number of fused-ring (bicyclic) bond motifs is 4. The zero-order chi connectivity index (χ0) is 28.3. The van der Waals surface area contributed by atoms with Crippen molar-refractivity contribution in [3.8, 4) is 0 Å². The molecule has 210 valence electrons. The third-order valence-corrected chi connectivity index (χ3v) is 10.1. The molecule has 8 rings (SSSR count). The van der Waals surface area contributed by atoms with Gasteiger partial charge in [0.2, 0.25) is 0 Å². The van der Waals surface area contributed by atoms with E-state index in [4.69, 9.17) is 0 Å². The molecular formula is C31H32N6O4. The summed E-state index contributed by atoms with van der Waals surface area (Å²) >= 11 is 0. The van der Waals surface area contributed by atoms with E-state index in [-0.39, 0.29) is 30.2 Å². The second kappa shape index (κ2) is 8.11. The largest absolute Gasteiger partial charge is 0.348 e. The number of rotatable bonds is 4. The molecule has 2 aromatic carbocycles. The molecule has 2 aliphatic heterocycles. The van der Waals surface area contributed by atoms with Gasteiger partial charge in [0.1, 0.15) is 11.6 Å². The van der Waals surface area contributed by atoms with Gasteiger partial charge >= 0.3 is 22.8 Å². The zero-order valence-electron chi connectivity index (χ0n) is 23.2. The molecule has 0 unspecified atom stereocenters. The molecule has 1 spiro atoms. The minimum Gasteiger partial charge on any atom is -0.246 e. The van der Waals surface area contributed by atoms with Crippen molar-refractivity contribution in [2.24, 2.45) is 0 Å². The predicted octanol–water partition coefficient (Wildman–Crippen LogP) is 2.38. The molecule has 4 heterocycles. The van der Waals surface area contributed by atoms with E-state index in [0.717, 1.165) is 41.5 Å². The summed E-state index contributed by atoms with van der Waals surface area (Å²) in [6, 6.07) is 14.6. The highest BCUT2D eigenvalue weighted by Gasteiger charge is 2.74. The number of allylic oxidation sites excluding steroid dienone is 2. The first-order valence-corrected chi connectivity index (χ1v) is 14.5. The fourth-order valence-electron chi connectivity index (χ4n) is 8.25. The average molecular weight is 553 g/mol. The minimum absolute atomic E-state index is 0.168. The van der Waals surface area contributed by atoms with Crippen LogP contribution in [0.1, 0.15) is 66.4 Å². The molecular weight excluding hydrogens is 520 g/mol. The van der Waals surface area contributed by atoms with Crippen LogP contribution in [0.15, 0.2) is 79.9 Å².